The summed E-state index contributed by atoms with van der Waals surface area (Å²) in [5.74, 6) is 0. The second kappa shape index (κ2) is 11.4. The van der Waals surface area contributed by atoms with Gasteiger partial charge in [-0.2, -0.15) is 31.4 Å². The smallest absolute Gasteiger partial charge is 0.434 e. The summed E-state index contributed by atoms with van der Waals surface area (Å²) in [7, 11) is 0. The maximum Gasteiger partial charge on any atom is 0.434 e. The van der Waals surface area contributed by atoms with Gasteiger partial charge < -0.3 is 14.4 Å². The number of alkyl halides is 6. The van der Waals surface area contributed by atoms with Crippen molar-refractivity contribution in [3.63, 3.8) is 0 Å². The highest BCUT2D eigenvalue weighted by Crippen LogP contribution is 2.36. The molecule has 1 fully saturated rings. The van der Waals surface area contributed by atoms with Gasteiger partial charge >= 0.3 is 18.4 Å². The van der Waals surface area contributed by atoms with Gasteiger partial charge in [-0.1, -0.05) is 30.7 Å². The molecule has 14 heteroatoms. The van der Waals surface area contributed by atoms with Crippen LogP contribution in [0, 0.1) is 6.92 Å². The highest BCUT2D eigenvalue weighted by atomic mass is 19.4. The van der Waals surface area contributed by atoms with Gasteiger partial charge in [0.05, 0.1) is 6.20 Å². The summed E-state index contributed by atoms with van der Waals surface area (Å²) in [4.78, 5) is 25.5. The SMILES string of the molecule is CCC(OC=O)n1cc(-c2cc(C)ccc2CN2CCN(C(=O)OC(C(F)(F)F)C(F)(F)F)CC2)cn1. The molecule has 0 N–H and O–H groups in total. The zero-order valence-corrected chi connectivity index (χ0v) is 20.1. The van der Waals surface area contributed by atoms with Crippen LogP contribution in [-0.4, -0.2) is 76.8 Å². The van der Waals surface area contributed by atoms with Crippen molar-refractivity contribution in [2.75, 3.05) is 26.2 Å². The predicted octanol–water partition coefficient (Wildman–Crippen LogP) is 4.69. The Balaban J connectivity index is 1.67. The first-order valence-electron chi connectivity index (χ1n) is 11.4. The molecule has 0 aliphatic carbocycles. The second-order valence-corrected chi connectivity index (χ2v) is 8.58. The zero-order valence-electron chi connectivity index (χ0n) is 20.1. The molecule has 0 radical (unpaired) electrons. The van der Waals surface area contributed by atoms with Crippen molar-refractivity contribution in [3.05, 3.63) is 41.7 Å². The summed E-state index contributed by atoms with van der Waals surface area (Å²) in [6.45, 7) is 4.78. The van der Waals surface area contributed by atoms with Gasteiger partial charge in [-0.05, 0) is 18.1 Å². The van der Waals surface area contributed by atoms with Crippen LogP contribution >= 0.6 is 0 Å². The summed E-state index contributed by atoms with van der Waals surface area (Å²) in [6, 6.07) is 5.79. The lowest BCUT2D eigenvalue weighted by Crippen LogP contribution is -2.52. The number of carbonyl (C=O) groups is 2. The normalized spacial score (nSPS) is 16.1. The third kappa shape index (κ3) is 7.14. The Hall–Kier alpha value is -3.29. The van der Waals surface area contributed by atoms with Crippen molar-refractivity contribution in [1.29, 1.82) is 0 Å². The predicted molar refractivity (Wildman–Crippen MR) is 118 cm³/mol. The number of benzene rings is 1. The average molecular weight is 536 g/mol. The van der Waals surface area contributed by atoms with Crippen LogP contribution < -0.4 is 0 Å². The summed E-state index contributed by atoms with van der Waals surface area (Å²) < 4.78 is 86.6. The molecule has 1 saturated heterocycles. The van der Waals surface area contributed by atoms with E-state index < -0.39 is 30.8 Å². The number of piperazine rings is 1. The summed E-state index contributed by atoms with van der Waals surface area (Å²) in [5, 5.41) is 4.29. The number of hydrogen-bond donors (Lipinski definition) is 0. The number of aromatic nitrogens is 2. The minimum Gasteiger partial charge on any atom is -0.442 e. The Morgan fingerprint density at radius 1 is 1.11 bits per heavy atom. The summed E-state index contributed by atoms with van der Waals surface area (Å²) >= 11 is 0. The average Bonchev–Trinajstić information content (AvgIpc) is 3.31. The van der Waals surface area contributed by atoms with E-state index in [1.807, 2.05) is 36.9 Å². The fourth-order valence-electron chi connectivity index (χ4n) is 3.97. The van der Waals surface area contributed by atoms with E-state index in [0.717, 1.165) is 27.2 Å². The van der Waals surface area contributed by atoms with E-state index in [1.165, 1.54) is 4.68 Å². The largest absolute Gasteiger partial charge is 0.442 e. The van der Waals surface area contributed by atoms with Crippen molar-refractivity contribution >= 4 is 12.6 Å². The van der Waals surface area contributed by atoms with Crippen molar-refractivity contribution in [2.24, 2.45) is 0 Å². The Bertz CT molecular complexity index is 1070. The van der Waals surface area contributed by atoms with E-state index in [1.54, 1.807) is 12.4 Å². The van der Waals surface area contributed by atoms with Gasteiger partial charge in [-0.15, -0.1) is 0 Å². The Morgan fingerprint density at radius 2 is 1.76 bits per heavy atom. The van der Waals surface area contributed by atoms with E-state index in [4.69, 9.17) is 4.74 Å². The van der Waals surface area contributed by atoms with E-state index in [0.29, 0.717) is 19.4 Å². The van der Waals surface area contributed by atoms with Gasteiger partial charge in [0.1, 0.15) is 0 Å². The maximum absolute atomic E-state index is 12.7. The fraction of sp³-hybridized carbons (Fsp3) is 0.522. The van der Waals surface area contributed by atoms with Crippen LogP contribution in [0.2, 0.25) is 0 Å². The van der Waals surface area contributed by atoms with Crippen LogP contribution in [0.25, 0.3) is 11.1 Å². The van der Waals surface area contributed by atoms with Crippen molar-refractivity contribution in [3.8, 4) is 11.1 Å². The lowest BCUT2D eigenvalue weighted by Gasteiger charge is -2.35. The van der Waals surface area contributed by atoms with Gasteiger partial charge in [0.2, 0.25) is 0 Å². The molecule has 2 heterocycles. The summed E-state index contributed by atoms with van der Waals surface area (Å²) in [6.07, 6.45) is -14.0. The molecule has 204 valence electrons. The number of aryl methyl sites for hydroxylation is 1. The topological polar surface area (TPSA) is 76.9 Å². The number of rotatable bonds is 8. The van der Waals surface area contributed by atoms with Crippen LogP contribution in [0.4, 0.5) is 31.1 Å². The number of carbonyl (C=O) groups excluding carboxylic acids is 2. The van der Waals surface area contributed by atoms with E-state index >= 15 is 0 Å². The molecule has 0 spiro atoms. The zero-order chi connectivity index (χ0) is 27.4. The molecule has 1 aromatic heterocycles. The highest BCUT2D eigenvalue weighted by molar-refractivity contribution is 5.68. The second-order valence-electron chi connectivity index (χ2n) is 8.58. The number of ether oxygens (including phenoxy) is 2. The molecule has 1 atom stereocenters. The third-order valence-corrected chi connectivity index (χ3v) is 5.87. The molecule has 37 heavy (non-hydrogen) atoms. The molecule has 1 aliphatic rings. The molecule has 0 bridgehead atoms. The van der Waals surface area contributed by atoms with Gasteiger partial charge in [0, 0.05) is 50.9 Å². The lowest BCUT2D eigenvalue weighted by molar-refractivity contribution is -0.308. The minimum absolute atomic E-state index is 0.0956. The molecule has 0 saturated carbocycles. The van der Waals surface area contributed by atoms with Crippen LogP contribution in [0.15, 0.2) is 30.6 Å². The molecule has 1 aromatic carbocycles. The van der Waals surface area contributed by atoms with Crippen molar-refractivity contribution < 1.29 is 45.4 Å². The minimum atomic E-state index is -5.76. The summed E-state index contributed by atoms with van der Waals surface area (Å²) in [5.41, 5.74) is 3.53. The van der Waals surface area contributed by atoms with Crippen molar-refractivity contribution in [2.45, 2.75) is 51.5 Å². The van der Waals surface area contributed by atoms with Crippen molar-refractivity contribution in [1.82, 2.24) is 19.6 Å². The quantitative estimate of drug-likeness (QED) is 0.360. The maximum atomic E-state index is 12.7. The standard InChI is InChI=1S/C23H26F6N4O4/c1-3-19(36-14-34)33-13-17(11-30-33)18-10-15(2)4-5-16(18)12-31-6-8-32(9-7-31)21(35)37-20(22(24,25)26)23(27,28)29/h4-5,10-11,13-14,19-20H,3,6-9,12H2,1-2H3. The van der Waals surface area contributed by atoms with Gasteiger partial charge in [0.15, 0.2) is 6.23 Å². The van der Waals surface area contributed by atoms with E-state index in [9.17, 15) is 35.9 Å². The first-order chi connectivity index (χ1) is 17.3. The molecule has 1 aliphatic heterocycles. The fourth-order valence-corrected chi connectivity index (χ4v) is 3.97. The van der Waals surface area contributed by atoms with Crippen LogP contribution in [0.1, 0.15) is 30.7 Å². The molecule has 8 nitrogen and oxygen atoms in total. The van der Waals surface area contributed by atoms with E-state index in [-0.39, 0.29) is 26.2 Å². The number of halogens is 6. The van der Waals surface area contributed by atoms with E-state index in [2.05, 4.69) is 9.84 Å². The first kappa shape index (κ1) is 28.3. The molecule has 2 aromatic rings. The van der Waals surface area contributed by atoms with Gasteiger partial charge in [0.25, 0.3) is 12.6 Å². The van der Waals surface area contributed by atoms with Gasteiger partial charge in [-0.3, -0.25) is 9.69 Å². The molecular formula is C23H26F6N4O4. The third-order valence-electron chi connectivity index (χ3n) is 5.87. The first-order valence-corrected chi connectivity index (χ1v) is 11.4. The molecule has 1 unspecified atom stereocenters. The van der Waals surface area contributed by atoms with Gasteiger partial charge in [-0.25, -0.2) is 9.48 Å². The van der Waals surface area contributed by atoms with Crippen LogP contribution in [-0.2, 0) is 20.8 Å². The number of nitrogens with zero attached hydrogens (tertiary/aromatic N) is 4. The number of amides is 1. The Kier molecular flexibility index (Phi) is 8.72. The highest BCUT2D eigenvalue weighted by Gasteiger charge is 2.60. The number of hydrogen-bond acceptors (Lipinski definition) is 6. The Morgan fingerprint density at radius 3 is 2.32 bits per heavy atom. The van der Waals surface area contributed by atoms with Crippen LogP contribution in [0.5, 0.6) is 0 Å². The molecule has 1 amide bonds. The monoisotopic (exact) mass is 536 g/mol. The lowest BCUT2D eigenvalue weighted by atomic mass is 9.99. The molecular weight excluding hydrogens is 510 g/mol. The molecule has 3 rings (SSSR count). The Labute approximate surface area is 208 Å². The van der Waals surface area contributed by atoms with Crippen LogP contribution in [0.3, 0.4) is 0 Å².